The van der Waals surface area contributed by atoms with Gasteiger partial charge in [-0.15, -0.1) is 0 Å². The van der Waals surface area contributed by atoms with Gasteiger partial charge >= 0.3 is 11.9 Å². The fourth-order valence-corrected chi connectivity index (χ4v) is 2.15. The van der Waals surface area contributed by atoms with Gasteiger partial charge in [0, 0.05) is 6.54 Å². The quantitative estimate of drug-likeness (QED) is 0.710. The molecule has 1 amide bonds. The van der Waals surface area contributed by atoms with E-state index in [0.29, 0.717) is 19.4 Å². The van der Waals surface area contributed by atoms with Crippen LogP contribution < -0.4 is 5.73 Å². The van der Waals surface area contributed by atoms with E-state index in [9.17, 15) is 14.4 Å². The van der Waals surface area contributed by atoms with Crippen molar-refractivity contribution in [2.24, 2.45) is 5.73 Å². The van der Waals surface area contributed by atoms with E-state index in [1.165, 1.54) is 4.90 Å². The molecule has 0 aromatic carbocycles. The van der Waals surface area contributed by atoms with Crippen molar-refractivity contribution in [3.8, 4) is 0 Å². The second-order valence-corrected chi connectivity index (χ2v) is 5.92. The van der Waals surface area contributed by atoms with Crippen molar-refractivity contribution >= 4 is 17.8 Å². The van der Waals surface area contributed by atoms with Gasteiger partial charge in [0.05, 0.1) is 12.5 Å². The number of aliphatic carboxylic acids is 1. The summed E-state index contributed by atoms with van der Waals surface area (Å²) in [5.74, 6) is -2.12. The minimum absolute atomic E-state index is 0.251. The fourth-order valence-electron chi connectivity index (χ4n) is 2.15. The van der Waals surface area contributed by atoms with Gasteiger partial charge in [0.15, 0.2) is 0 Å². The van der Waals surface area contributed by atoms with E-state index in [-0.39, 0.29) is 6.42 Å². The monoisotopic (exact) mass is 286 g/mol. The van der Waals surface area contributed by atoms with Crippen LogP contribution in [0.4, 0.5) is 0 Å². The van der Waals surface area contributed by atoms with Gasteiger partial charge in [-0.2, -0.15) is 0 Å². The van der Waals surface area contributed by atoms with Gasteiger partial charge in [0.1, 0.15) is 11.6 Å². The van der Waals surface area contributed by atoms with Crippen molar-refractivity contribution in [2.45, 2.75) is 57.7 Å². The number of nitrogens with zero attached hydrogens (tertiary/aromatic N) is 1. The van der Waals surface area contributed by atoms with Crippen LogP contribution in [0.2, 0.25) is 0 Å². The van der Waals surface area contributed by atoms with Crippen LogP contribution in [-0.4, -0.2) is 52.1 Å². The third kappa shape index (κ3) is 4.48. The molecule has 0 unspecified atom stereocenters. The number of rotatable bonds is 4. The highest BCUT2D eigenvalue weighted by atomic mass is 16.6. The lowest BCUT2D eigenvalue weighted by Gasteiger charge is -2.25. The summed E-state index contributed by atoms with van der Waals surface area (Å²) >= 11 is 0. The number of likely N-dealkylation sites (tertiary alicyclic amines) is 1. The molecule has 1 aliphatic heterocycles. The first-order valence-electron chi connectivity index (χ1n) is 6.62. The Bertz CT molecular complexity index is 402. The van der Waals surface area contributed by atoms with Crippen LogP contribution in [0.15, 0.2) is 0 Å². The molecular formula is C13H22N2O5. The van der Waals surface area contributed by atoms with Gasteiger partial charge in [0.2, 0.25) is 5.91 Å². The molecule has 7 nitrogen and oxygen atoms in total. The maximum Gasteiger partial charge on any atom is 0.326 e. The molecule has 3 N–H and O–H groups in total. The number of hydrogen-bond acceptors (Lipinski definition) is 5. The van der Waals surface area contributed by atoms with Crippen LogP contribution in [0.25, 0.3) is 0 Å². The molecule has 0 aliphatic carbocycles. The van der Waals surface area contributed by atoms with Crippen molar-refractivity contribution in [1.82, 2.24) is 4.90 Å². The van der Waals surface area contributed by atoms with Crippen LogP contribution in [-0.2, 0) is 19.1 Å². The predicted molar refractivity (Wildman–Crippen MR) is 70.8 cm³/mol. The number of carboxylic acid groups (broad SMARTS) is 1. The zero-order valence-electron chi connectivity index (χ0n) is 12.1. The molecule has 0 aromatic heterocycles. The first kappa shape index (κ1) is 16.4. The Morgan fingerprint density at radius 2 is 2.00 bits per heavy atom. The zero-order chi connectivity index (χ0) is 15.5. The Morgan fingerprint density at radius 1 is 1.40 bits per heavy atom. The van der Waals surface area contributed by atoms with Gasteiger partial charge in [-0.1, -0.05) is 0 Å². The van der Waals surface area contributed by atoms with Crippen molar-refractivity contribution in [1.29, 1.82) is 0 Å². The third-order valence-electron chi connectivity index (χ3n) is 2.94. The number of carbonyl (C=O) groups is 3. The van der Waals surface area contributed by atoms with E-state index in [4.69, 9.17) is 15.6 Å². The normalized spacial score (nSPS) is 20.6. The number of carbonyl (C=O) groups excluding carboxylic acids is 2. The Balaban J connectivity index is 2.59. The summed E-state index contributed by atoms with van der Waals surface area (Å²) in [7, 11) is 0. The summed E-state index contributed by atoms with van der Waals surface area (Å²) in [4.78, 5) is 36.0. The molecule has 7 heteroatoms. The average molecular weight is 286 g/mol. The molecule has 1 saturated heterocycles. The van der Waals surface area contributed by atoms with E-state index in [0.717, 1.165) is 0 Å². The Hall–Kier alpha value is -1.63. The Labute approximate surface area is 118 Å². The molecule has 1 fully saturated rings. The molecule has 0 spiro atoms. The first-order chi connectivity index (χ1) is 9.11. The Kier molecular flexibility index (Phi) is 5.10. The highest BCUT2D eigenvalue weighted by Crippen LogP contribution is 2.19. The molecule has 1 heterocycles. The number of carboxylic acids is 1. The topological polar surface area (TPSA) is 110 Å². The van der Waals surface area contributed by atoms with Crippen molar-refractivity contribution < 1.29 is 24.2 Å². The zero-order valence-corrected chi connectivity index (χ0v) is 12.1. The largest absolute Gasteiger partial charge is 0.480 e. The summed E-state index contributed by atoms with van der Waals surface area (Å²) in [5, 5.41) is 9.02. The van der Waals surface area contributed by atoms with E-state index in [2.05, 4.69) is 0 Å². The molecule has 2 atom stereocenters. The van der Waals surface area contributed by atoms with Crippen LogP contribution in [0.5, 0.6) is 0 Å². The minimum atomic E-state index is -1.07. The van der Waals surface area contributed by atoms with Crippen LogP contribution >= 0.6 is 0 Å². The first-order valence-corrected chi connectivity index (χ1v) is 6.62. The standard InChI is InChI=1S/C13H22N2O5/c1-13(2,3)20-10(16)7-8(14)11(17)15-6-4-5-9(15)12(18)19/h8-9H,4-7,14H2,1-3H3,(H,18,19)/t8-,9+/m0/s1. The molecule has 114 valence electrons. The lowest BCUT2D eigenvalue weighted by molar-refractivity contribution is -0.157. The molecule has 0 radical (unpaired) electrons. The highest BCUT2D eigenvalue weighted by Gasteiger charge is 2.36. The summed E-state index contributed by atoms with van der Waals surface area (Å²) in [6, 6.07) is -1.91. The van der Waals surface area contributed by atoms with Crippen LogP contribution in [0.3, 0.4) is 0 Å². The Morgan fingerprint density at radius 3 is 2.50 bits per heavy atom. The average Bonchev–Trinajstić information content (AvgIpc) is 2.73. The number of hydrogen-bond donors (Lipinski definition) is 2. The number of amides is 1. The summed E-state index contributed by atoms with van der Waals surface area (Å²) < 4.78 is 5.09. The van der Waals surface area contributed by atoms with E-state index < -0.39 is 35.5 Å². The molecular weight excluding hydrogens is 264 g/mol. The summed E-state index contributed by atoms with van der Waals surface area (Å²) in [6.45, 7) is 5.52. The number of nitrogens with two attached hydrogens (primary N) is 1. The lowest BCUT2D eigenvalue weighted by Crippen LogP contribution is -2.49. The second kappa shape index (κ2) is 6.21. The van der Waals surface area contributed by atoms with Crippen LogP contribution in [0, 0.1) is 0 Å². The molecule has 1 aliphatic rings. The lowest BCUT2D eigenvalue weighted by atomic mass is 10.1. The van der Waals surface area contributed by atoms with E-state index >= 15 is 0 Å². The summed E-state index contributed by atoms with van der Waals surface area (Å²) in [5.41, 5.74) is 5.05. The van der Waals surface area contributed by atoms with Gasteiger partial charge in [-0.3, -0.25) is 9.59 Å². The maximum atomic E-state index is 12.1. The van der Waals surface area contributed by atoms with Crippen molar-refractivity contribution in [3.05, 3.63) is 0 Å². The smallest absolute Gasteiger partial charge is 0.326 e. The van der Waals surface area contributed by atoms with Gasteiger partial charge in [-0.05, 0) is 33.6 Å². The predicted octanol–water partition coefficient (Wildman–Crippen LogP) is 0.121. The van der Waals surface area contributed by atoms with Crippen LogP contribution in [0.1, 0.15) is 40.0 Å². The van der Waals surface area contributed by atoms with Gasteiger partial charge in [-0.25, -0.2) is 4.79 Å². The molecule has 0 saturated carbocycles. The van der Waals surface area contributed by atoms with Gasteiger partial charge in [0.25, 0.3) is 0 Å². The molecule has 0 bridgehead atoms. The molecule has 20 heavy (non-hydrogen) atoms. The minimum Gasteiger partial charge on any atom is -0.480 e. The SMILES string of the molecule is CC(C)(C)OC(=O)C[C@H](N)C(=O)N1CCC[C@@H]1C(=O)O. The second-order valence-electron chi connectivity index (χ2n) is 5.92. The van der Waals surface area contributed by atoms with E-state index in [1.54, 1.807) is 20.8 Å². The molecule has 0 aromatic rings. The van der Waals surface area contributed by atoms with Gasteiger partial charge < -0.3 is 20.5 Å². The van der Waals surface area contributed by atoms with Crippen molar-refractivity contribution in [2.75, 3.05) is 6.54 Å². The summed E-state index contributed by atoms with van der Waals surface area (Å²) in [6.07, 6.45) is 0.793. The third-order valence-corrected chi connectivity index (χ3v) is 2.94. The fraction of sp³-hybridized carbons (Fsp3) is 0.769. The highest BCUT2D eigenvalue weighted by molar-refractivity contribution is 5.90. The number of ether oxygens (including phenoxy) is 1. The molecule has 1 rings (SSSR count). The number of esters is 1. The van der Waals surface area contributed by atoms with E-state index in [1.807, 2.05) is 0 Å². The maximum absolute atomic E-state index is 12.1. The van der Waals surface area contributed by atoms with Crippen molar-refractivity contribution in [3.63, 3.8) is 0 Å².